The number of hydrogen-bond donors (Lipinski definition) is 3. The average molecular weight is 350 g/mol. The lowest BCUT2D eigenvalue weighted by Crippen LogP contribution is -2.41. The van der Waals surface area contributed by atoms with E-state index in [9.17, 15) is 19.5 Å². The van der Waals surface area contributed by atoms with Gasteiger partial charge in [0.05, 0.1) is 35.9 Å². The van der Waals surface area contributed by atoms with Gasteiger partial charge in [-0.25, -0.2) is 0 Å². The lowest BCUT2D eigenvalue weighted by Gasteiger charge is -2.23. The molecule has 2 amide bonds. The largest absolute Gasteiger partial charge is 0.481 e. The van der Waals surface area contributed by atoms with Gasteiger partial charge in [-0.05, 0) is 19.3 Å². The van der Waals surface area contributed by atoms with Crippen molar-refractivity contribution in [3.05, 3.63) is 11.9 Å². The molecule has 0 aliphatic carbocycles. The Hall–Kier alpha value is -2.42. The molecule has 2 bridgehead atoms. The van der Waals surface area contributed by atoms with Crippen molar-refractivity contribution in [2.45, 2.75) is 38.4 Å². The Morgan fingerprint density at radius 1 is 1.32 bits per heavy atom. The third-order valence-electron chi connectivity index (χ3n) is 4.81. The maximum Gasteiger partial charge on any atom is 0.310 e. The zero-order chi connectivity index (χ0) is 18.1. The van der Waals surface area contributed by atoms with Gasteiger partial charge < -0.3 is 20.5 Å². The molecule has 1 aromatic heterocycles. The Bertz CT molecular complexity index is 701. The first-order valence-corrected chi connectivity index (χ1v) is 8.43. The molecule has 0 radical (unpaired) electrons. The molecule has 2 aliphatic rings. The van der Waals surface area contributed by atoms with Crippen molar-refractivity contribution in [3.8, 4) is 0 Å². The van der Waals surface area contributed by atoms with Gasteiger partial charge in [0.15, 0.2) is 0 Å². The van der Waals surface area contributed by atoms with E-state index in [-0.39, 0.29) is 23.4 Å². The van der Waals surface area contributed by atoms with E-state index in [2.05, 4.69) is 15.7 Å². The van der Waals surface area contributed by atoms with Crippen molar-refractivity contribution in [3.63, 3.8) is 0 Å². The zero-order valence-electron chi connectivity index (χ0n) is 14.2. The molecular formula is C16H22N4O5. The predicted molar refractivity (Wildman–Crippen MR) is 87.0 cm³/mol. The van der Waals surface area contributed by atoms with Gasteiger partial charge in [-0.1, -0.05) is 6.92 Å². The molecule has 3 N–H and O–H groups in total. The van der Waals surface area contributed by atoms with E-state index in [1.807, 2.05) is 6.92 Å². The number of aliphatic carboxylic acids is 1. The molecule has 2 fully saturated rings. The van der Waals surface area contributed by atoms with Crippen LogP contribution < -0.4 is 10.6 Å². The van der Waals surface area contributed by atoms with Crippen LogP contribution in [-0.4, -0.2) is 51.4 Å². The van der Waals surface area contributed by atoms with Crippen molar-refractivity contribution in [2.75, 3.05) is 11.9 Å². The molecule has 0 aromatic carbocycles. The first-order valence-electron chi connectivity index (χ1n) is 8.43. The number of carbonyl (C=O) groups excluding carboxylic acids is 2. The molecule has 136 valence electrons. The van der Waals surface area contributed by atoms with Gasteiger partial charge in [-0.15, -0.1) is 0 Å². The van der Waals surface area contributed by atoms with Gasteiger partial charge in [-0.3, -0.25) is 19.1 Å². The molecule has 1 aromatic rings. The normalized spacial score (nSPS) is 27.3. The molecule has 2 saturated heterocycles. The number of carboxylic acid groups (broad SMARTS) is 1. The van der Waals surface area contributed by atoms with E-state index in [0.29, 0.717) is 19.4 Å². The lowest BCUT2D eigenvalue weighted by atomic mass is 9.78. The topological polar surface area (TPSA) is 123 Å². The highest BCUT2D eigenvalue weighted by molar-refractivity contribution is 6.03. The molecule has 25 heavy (non-hydrogen) atoms. The lowest BCUT2D eigenvalue weighted by molar-refractivity contribution is -0.147. The number of aromatic nitrogens is 2. The van der Waals surface area contributed by atoms with E-state index in [0.717, 1.165) is 6.42 Å². The second-order valence-corrected chi connectivity index (χ2v) is 6.46. The van der Waals surface area contributed by atoms with Crippen molar-refractivity contribution in [1.82, 2.24) is 15.1 Å². The van der Waals surface area contributed by atoms with Crippen molar-refractivity contribution >= 4 is 23.5 Å². The quantitative estimate of drug-likeness (QED) is 0.681. The van der Waals surface area contributed by atoms with Gasteiger partial charge in [0, 0.05) is 13.6 Å². The maximum atomic E-state index is 12.7. The van der Waals surface area contributed by atoms with Gasteiger partial charge >= 0.3 is 5.97 Å². The highest BCUT2D eigenvalue weighted by Gasteiger charge is 2.55. The molecule has 3 heterocycles. The minimum absolute atomic E-state index is 0.234. The molecule has 3 rings (SSSR count). The number of carboxylic acids is 1. The smallest absolute Gasteiger partial charge is 0.310 e. The zero-order valence-corrected chi connectivity index (χ0v) is 14.2. The van der Waals surface area contributed by atoms with Crippen LogP contribution in [0.5, 0.6) is 0 Å². The molecule has 4 atom stereocenters. The monoisotopic (exact) mass is 350 g/mol. The Labute approximate surface area is 144 Å². The number of anilines is 1. The molecule has 0 saturated carbocycles. The number of ether oxygens (including phenoxy) is 1. The van der Waals surface area contributed by atoms with Crippen LogP contribution in [0.25, 0.3) is 0 Å². The summed E-state index contributed by atoms with van der Waals surface area (Å²) in [6.07, 6.45) is 2.70. The number of amides is 2. The average Bonchev–Trinajstić information content (AvgIpc) is 3.26. The number of fused-ring (bicyclic) bond motifs is 2. The molecule has 9 nitrogen and oxygen atoms in total. The van der Waals surface area contributed by atoms with Crippen LogP contribution in [0.3, 0.4) is 0 Å². The fourth-order valence-corrected chi connectivity index (χ4v) is 3.66. The third kappa shape index (κ3) is 3.11. The Morgan fingerprint density at radius 2 is 2.00 bits per heavy atom. The number of nitrogens with one attached hydrogen (secondary N) is 2. The number of nitrogens with zero attached hydrogens (tertiary/aromatic N) is 2. The van der Waals surface area contributed by atoms with Crippen LogP contribution in [0.1, 0.15) is 36.7 Å². The van der Waals surface area contributed by atoms with E-state index < -0.39 is 29.8 Å². The van der Waals surface area contributed by atoms with Crippen molar-refractivity contribution in [1.29, 1.82) is 0 Å². The molecule has 2 aliphatic heterocycles. The SMILES string of the molecule is CCCNC(=O)c1c(NC(=O)[C@H]2[C@H](C(=O)O)[C@H]3CC[C@H]2O3)cnn1C. The second kappa shape index (κ2) is 6.83. The first kappa shape index (κ1) is 17.4. The summed E-state index contributed by atoms with van der Waals surface area (Å²) in [5, 5.41) is 18.9. The molecule has 9 heteroatoms. The van der Waals surface area contributed by atoms with E-state index in [1.165, 1.54) is 10.9 Å². The van der Waals surface area contributed by atoms with Crippen molar-refractivity contribution in [2.24, 2.45) is 18.9 Å². The predicted octanol–water partition coefficient (Wildman–Crippen LogP) is 0.377. The summed E-state index contributed by atoms with van der Waals surface area (Å²) in [5.74, 6) is -3.43. The number of carbonyl (C=O) groups is 3. The Kier molecular flexibility index (Phi) is 4.76. The summed E-state index contributed by atoms with van der Waals surface area (Å²) in [6, 6.07) is 0. The summed E-state index contributed by atoms with van der Waals surface area (Å²) in [4.78, 5) is 36.5. The van der Waals surface area contributed by atoms with E-state index >= 15 is 0 Å². The van der Waals surface area contributed by atoms with Crippen LogP contribution in [0, 0.1) is 11.8 Å². The van der Waals surface area contributed by atoms with E-state index in [4.69, 9.17) is 4.74 Å². The standard InChI is InChI=1S/C16H22N4O5/c1-3-6-17-15(22)13-8(7-18-20(13)2)19-14(21)11-9-4-5-10(25-9)12(11)16(23)24/h7,9-12H,3-6H2,1-2H3,(H,17,22)(H,19,21)(H,23,24)/t9-,10-,11-,12-/m1/s1. The number of aryl methyl sites for hydroxylation is 1. The minimum atomic E-state index is -1.03. The highest BCUT2D eigenvalue weighted by atomic mass is 16.5. The van der Waals surface area contributed by atoms with Gasteiger partial charge in [-0.2, -0.15) is 5.10 Å². The van der Waals surface area contributed by atoms with Crippen LogP contribution in [0.15, 0.2) is 6.20 Å². The molecule has 0 spiro atoms. The number of rotatable bonds is 6. The van der Waals surface area contributed by atoms with Crippen LogP contribution >= 0.6 is 0 Å². The highest BCUT2D eigenvalue weighted by Crippen LogP contribution is 2.44. The summed E-state index contributed by atoms with van der Waals surface area (Å²) < 4.78 is 6.99. The van der Waals surface area contributed by atoms with Crippen LogP contribution in [0.4, 0.5) is 5.69 Å². The molecule has 0 unspecified atom stereocenters. The Morgan fingerprint density at radius 3 is 2.64 bits per heavy atom. The minimum Gasteiger partial charge on any atom is -0.481 e. The van der Waals surface area contributed by atoms with Crippen LogP contribution in [-0.2, 0) is 21.4 Å². The fraction of sp³-hybridized carbons (Fsp3) is 0.625. The van der Waals surface area contributed by atoms with Crippen molar-refractivity contribution < 1.29 is 24.2 Å². The van der Waals surface area contributed by atoms with E-state index in [1.54, 1.807) is 7.05 Å². The number of hydrogen-bond acceptors (Lipinski definition) is 5. The summed E-state index contributed by atoms with van der Waals surface area (Å²) in [7, 11) is 1.61. The molecular weight excluding hydrogens is 328 g/mol. The summed E-state index contributed by atoms with van der Waals surface area (Å²) in [6.45, 7) is 2.45. The van der Waals surface area contributed by atoms with Gasteiger partial charge in [0.1, 0.15) is 5.69 Å². The third-order valence-corrected chi connectivity index (χ3v) is 4.81. The second-order valence-electron chi connectivity index (χ2n) is 6.46. The summed E-state index contributed by atoms with van der Waals surface area (Å²) >= 11 is 0. The summed E-state index contributed by atoms with van der Waals surface area (Å²) in [5.41, 5.74) is 0.505. The fourth-order valence-electron chi connectivity index (χ4n) is 3.66. The first-order chi connectivity index (χ1) is 11.9. The van der Waals surface area contributed by atoms with Crippen LogP contribution in [0.2, 0.25) is 0 Å². The van der Waals surface area contributed by atoms with Gasteiger partial charge in [0.25, 0.3) is 5.91 Å². The maximum absolute atomic E-state index is 12.7. The van der Waals surface area contributed by atoms with Gasteiger partial charge in [0.2, 0.25) is 5.91 Å². The Balaban J connectivity index is 1.77.